The Labute approximate surface area is 136 Å². The summed E-state index contributed by atoms with van der Waals surface area (Å²) in [6, 6.07) is 4.83. The largest absolute Gasteiger partial charge is 0.496 e. The summed E-state index contributed by atoms with van der Waals surface area (Å²) in [4.78, 5) is 0. The van der Waals surface area contributed by atoms with E-state index in [9.17, 15) is 0 Å². The SMILES string of the molecule is COc1cc2c(cc1C(C)C)CCC1C(C)(C)CCC[C@]21C. The van der Waals surface area contributed by atoms with Gasteiger partial charge < -0.3 is 4.74 Å². The van der Waals surface area contributed by atoms with Crippen molar-refractivity contribution in [2.75, 3.05) is 7.11 Å². The average molecular weight is 300 g/mol. The zero-order valence-corrected chi connectivity index (χ0v) is 15.3. The molecule has 1 aromatic rings. The van der Waals surface area contributed by atoms with E-state index in [-0.39, 0.29) is 0 Å². The molecule has 1 unspecified atom stereocenters. The van der Waals surface area contributed by atoms with E-state index in [0.29, 0.717) is 16.7 Å². The van der Waals surface area contributed by atoms with E-state index in [0.717, 1.165) is 11.7 Å². The molecule has 1 saturated carbocycles. The molecule has 122 valence electrons. The fourth-order valence-corrected chi connectivity index (χ4v) is 5.46. The molecule has 0 saturated heterocycles. The minimum absolute atomic E-state index is 0.331. The Bertz CT molecular complexity index is 570. The quantitative estimate of drug-likeness (QED) is 0.666. The van der Waals surface area contributed by atoms with Crippen LogP contribution in [0.5, 0.6) is 5.75 Å². The number of methoxy groups -OCH3 is 1. The third-order valence-electron chi connectivity index (χ3n) is 6.62. The van der Waals surface area contributed by atoms with Crippen LogP contribution in [0.1, 0.15) is 82.9 Å². The second-order valence-electron chi connectivity index (χ2n) is 8.76. The van der Waals surface area contributed by atoms with Gasteiger partial charge in [0.2, 0.25) is 0 Å². The maximum atomic E-state index is 5.75. The van der Waals surface area contributed by atoms with Crippen molar-refractivity contribution in [1.82, 2.24) is 0 Å². The standard InChI is InChI=1S/C21H32O/c1-14(2)16-12-15-8-9-19-20(3,4)10-7-11-21(19,5)17(15)13-18(16)22-6/h12-14,19H,7-11H2,1-6H3/t19?,21-/m1/s1. The predicted octanol–water partition coefficient (Wildman–Crippen LogP) is 5.85. The average Bonchev–Trinajstić information content (AvgIpc) is 2.45. The normalized spacial score (nSPS) is 29.9. The van der Waals surface area contributed by atoms with Gasteiger partial charge in [-0.2, -0.15) is 0 Å². The molecule has 22 heavy (non-hydrogen) atoms. The molecular formula is C21H32O. The molecule has 3 rings (SSSR count). The van der Waals surface area contributed by atoms with Crippen LogP contribution in [0.4, 0.5) is 0 Å². The molecule has 0 N–H and O–H groups in total. The van der Waals surface area contributed by atoms with Crippen LogP contribution < -0.4 is 4.74 Å². The molecule has 2 aliphatic rings. The fraction of sp³-hybridized carbons (Fsp3) is 0.714. The van der Waals surface area contributed by atoms with E-state index in [1.165, 1.54) is 37.7 Å². The van der Waals surface area contributed by atoms with Gasteiger partial charge in [-0.05, 0) is 71.1 Å². The molecule has 2 atom stereocenters. The van der Waals surface area contributed by atoms with Crippen LogP contribution in [-0.2, 0) is 11.8 Å². The Morgan fingerprint density at radius 2 is 1.86 bits per heavy atom. The highest BCUT2D eigenvalue weighted by molar-refractivity contribution is 5.49. The third-order valence-corrected chi connectivity index (χ3v) is 6.62. The first-order valence-electron chi connectivity index (χ1n) is 9.01. The monoisotopic (exact) mass is 300 g/mol. The Morgan fingerprint density at radius 1 is 1.14 bits per heavy atom. The smallest absolute Gasteiger partial charge is 0.122 e. The summed E-state index contributed by atoms with van der Waals surface area (Å²) in [6.07, 6.45) is 6.65. The molecule has 0 amide bonds. The van der Waals surface area contributed by atoms with E-state index < -0.39 is 0 Å². The minimum Gasteiger partial charge on any atom is -0.496 e. The number of hydrogen-bond donors (Lipinski definition) is 0. The van der Waals surface area contributed by atoms with E-state index in [2.05, 4.69) is 46.8 Å². The van der Waals surface area contributed by atoms with Crippen LogP contribution in [-0.4, -0.2) is 7.11 Å². The van der Waals surface area contributed by atoms with Crippen LogP contribution in [0.3, 0.4) is 0 Å². The van der Waals surface area contributed by atoms with Crippen LogP contribution in [0.2, 0.25) is 0 Å². The van der Waals surface area contributed by atoms with Crippen molar-refractivity contribution in [3.8, 4) is 5.75 Å². The summed E-state index contributed by atoms with van der Waals surface area (Å²) < 4.78 is 5.75. The molecule has 1 fully saturated rings. The highest BCUT2D eigenvalue weighted by Gasteiger charge is 2.49. The molecule has 0 aliphatic heterocycles. The van der Waals surface area contributed by atoms with Gasteiger partial charge in [-0.25, -0.2) is 0 Å². The van der Waals surface area contributed by atoms with Crippen molar-refractivity contribution in [3.63, 3.8) is 0 Å². The Hall–Kier alpha value is -0.980. The second-order valence-corrected chi connectivity index (χ2v) is 8.76. The van der Waals surface area contributed by atoms with Crippen molar-refractivity contribution in [1.29, 1.82) is 0 Å². The zero-order valence-electron chi connectivity index (χ0n) is 15.3. The van der Waals surface area contributed by atoms with Crippen molar-refractivity contribution in [3.05, 3.63) is 28.8 Å². The molecule has 0 aromatic heterocycles. The van der Waals surface area contributed by atoms with Gasteiger partial charge in [0.1, 0.15) is 5.75 Å². The van der Waals surface area contributed by atoms with Crippen LogP contribution in [0.25, 0.3) is 0 Å². The lowest BCUT2D eigenvalue weighted by molar-refractivity contribution is 0.0405. The van der Waals surface area contributed by atoms with Crippen molar-refractivity contribution < 1.29 is 4.74 Å². The molecule has 0 spiro atoms. The lowest BCUT2D eigenvalue weighted by atomic mass is 9.50. The zero-order chi connectivity index (χ0) is 16.1. The minimum atomic E-state index is 0.331. The number of ether oxygens (including phenoxy) is 1. The number of rotatable bonds is 2. The third kappa shape index (κ3) is 2.28. The van der Waals surface area contributed by atoms with Crippen LogP contribution >= 0.6 is 0 Å². The van der Waals surface area contributed by atoms with Crippen molar-refractivity contribution in [2.45, 2.75) is 78.1 Å². The number of aryl methyl sites for hydroxylation is 1. The molecule has 1 aromatic carbocycles. The van der Waals surface area contributed by atoms with Gasteiger partial charge >= 0.3 is 0 Å². The summed E-state index contributed by atoms with van der Waals surface area (Å²) in [5.41, 5.74) is 5.34. The molecule has 0 heterocycles. The maximum absolute atomic E-state index is 5.75. The number of hydrogen-bond acceptors (Lipinski definition) is 1. The molecule has 0 radical (unpaired) electrons. The van der Waals surface area contributed by atoms with Gasteiger partial charge in [-0.1, -0.05) is 47.1 Å². The number of fused-ring (bicyclic) bond motifs is 3. The van der Waals surface area contributed by atoms with Gasteiger partial charge in [0.25, 0.3) is 0 Å². The summed E-state index contributed by atoms with van der Waals surface area (Å²) >= 11 is 0. The first kappa shape index (κ1) is 15.9. The van der Waals surface area contributed by atoms with E-state index in [1.54, 1.807) is 11.1 Å². The van der Waals surface area contributed by atoms with Gasteiger partial charge in [0, 0.05) is 0 Å². The summed E-state index contributed by atoms with van der Waals surface area (Å²) in [6.45, 7) is 12.0. The van der Waals surface area contributed by atoms with Gasteiger partial charge in [-0.3, -0.25) is 0 Å². The summed E-state index contributed by atoms with van der Waals surface area (Å²) in [5.74, 6) is 2.42. The first-order valence-corrected chi connectivity index (χ1v) is 9.01. The van der Waals surface area contributed by atoms with E-state index in [4.69, 9.17) is 4.74 Å². The fourth-order valence-electron chi connectivity index (χ4n) is 5.46. The van der Waals surface area contributed by atoms with Gasteiger partial charge in [0.05, 0.1) is 7.11 Å². The highest BCUT2D eigenvalue weighted by atomic mass is 16.5. The van der Waals surface area contributed by atoms with Gasteiger partial charge in [0.15, 0.2) is 0 Å². The topological polar surface area (TPSA) is 9.23 Å². The Balaban J connectivity index is 2.14. The molecular weight excluding hydrogens is 268 g/mol. The number of benzene rings is 1. The van der Waals surface area contributed by atoms with E-state index in [1.807, 2.05) is 7.11 Å². The first-order chi connectivity index (χ1) is 10.3. The van der Waals surface area contributed by atoms with Crippen LogP contribution in [0, 0.1) is 11.3 Å². The van der Waals surface area contributed by atoms with Crippen LogP contribution in [0.15, 0.2) is 12.1 Å². The van der Waals surface area contributed by atoms with Crippen molar-refractivity contribution in [2.24, 2.45) is 11.3 Å². The highest BCUT2D eigenvalue weighted by Crippen LogP contribution is 2.57. The summed E-state index contributed by atoms with van der Waals surface area (Å²) in [7, 11) is 1.82. The van der Waals surface area contributed by atoms with E-state index >= 15 is 0 Å². The lowest BCUT2D eigenvalue weighted by Gasteiger charge is -2.54. The van der Waals surface area contributed by atoms with Crippen molar-refractivity contribution >= 4 is 0 Å². The second kappa shape index (κ2) is 5.28. The molecule has 1 nitrogen and oxygen atoms in total. The summed E-state index contributed by atoms with van der Waals surface area (Å²) in [5, 5.41) is 0. The predicted molar refractivity (Wildman–Crippen MR) is 93.9 cm³/mol. The molecule has 1 heteroatoms. The Kier molecular flexibility index (Phi) is 3.82. The lowest BCUT2D eigenvalue weighted by Crippen LogP contribution is -2.47. The van der Waals surface area contributed by atoms with Gasteiger partial charge in [-0.15, -0.1) is 0 Å². The molecule has 0 bridgehead atoms. The Morgan fingerprint density at radius 3 is 2.50 bits per heavy atom. The molecule has 2 aliphatic carbocycles. The maximum Gasteiger partial charge on any atom is 0.122 e.